The molecule has 2 aliphatic rings. The summed E-state index contributed by atoms with van der Waals surface area (Å²) in [6.45, 7) is 4.27. The fourth-order valence-corrected chi connectivity index (χ4v) is 5.27. The van der Waals surface area contributed by atoms with Gasteiger partial charge in [-0.15, -0.1) is 0 Å². The van der Waals surface area contributed by atoms with Gasteiger partial charge in [0.05, 0.1) is 0 Å². The molecule has 2 fully saturated rings. The van der Waals surface area contributed by atoms with Gasteiger partial charge >= 0.3 is 0 Å². The van der Waals surface area contributed by atoms with Gasteiger partial charge in [0.25, 0.3) is 5.91 Å². The van der Waals surface area contributed by atoms with E-state index in [1.54, 1.807) is 0 Å². The molecule has 0 aliphatic carbocycles. The van der Waals surface area contributed by atoms with Crippen LogP contribution in [0.1, 0.15) is 41.6 Å². The van der Waals surface area contributed by atoms with Gasteiger partial charge in [-0.1, -0.05) is 36.4 Å². The van der Waals surface area contributed by atoms with Crippen LogP contribution in [0.4, 0.5) is 0 Å². The molecule has 0 saturated carbocycles. The predicted molar refractivity (Wildman–Crippen MR) is 133 cm³/mol. The maximum atomic E-state index is 13.1. The minimum absolute atomic E-state index is 0.0249. The number of hydrogen-bond donors (Lipinski definition) is 1. The van der Waals surface area contributed by atoms with Gasteiger partial charge < -0.3 is 10.2 Å². The fraction of sp³-hybridized carbons (Fsp3) is 0.393. The number of likely N-dealkylation sites (tertiary alicyclic amines) is 2. The van der Waals surface area contributed by atoms with Crippen molar-refractivity contribution in [3.05, 3.63) is 78.1 Å². The van der Waals surface area contributed by atoms with E-state index < -0.39 is 0 Å². The van der Waals surface area contributed by atoms with Crippen LogP contribution >= 0.6 is 0 Å². The number of fused-ring (bicyclic) bond motifs is 1. The molecule has 3 aromatic rings. The number of hydrogen-bond acceptors (Lipinski definition) is 4. The number of carbonyl (C=O) groups excluding carboxylic acids is 2. The molecule has 1 aromatic heterocycles. The summed E-state index contributed by atoms with van der Waals surface area (Å²) in [7, 11) is 0. The van der Waals surface area contributed by atoms with Gasteiger partial charge in [-0.05, 0) is 73.3 Å². The number of amides is 2. The summed E-state index contributed by atoms with van der Waals surface area (Å²) in [6.07, 6.45) is 7.12. The number of rotatable bonds is 5. The van der Waals surface area contributed by atoms with Crippen LogP contribution in [-0.4, -0.2) is 58.8 Å². The highest BCUT2D eigenvalue weighted by atomic mass is 16.2. The molecule has 2 amide bonds. The zero-order valence-electron chi connectivity index (χ0n) is 19.5. The minimum Gasteiger partial charge on any atom is -0.349 e. The van der Waals surface area contributed by atoms with Crippen molar-refractivity contribution in [3.8, 4) is 0 Å². The summed E-state index contributed by atoms with van der Waals surface area (Å²) in [4.78, 5) is 34.6. The predicted octanol–water partition coefficient (Wildman–Crippen LogP) is 3.87. The topological polar surface area (TPSA) is 65.5 Å². The van der Waals surface area contributed by atoms with E-state index in [0.29, 0.717) is 5.91 Å². The van der Waals surface area contributed by atoms with Crippen molar-refractivity contribution >= 4 is 22.6 Å². The van der Waals surface area contributed by atoms with E-state index in [0.717, 1.165) is 74.7 Å². The molecule has 176 valence electrons. The average Bonchev–Trinajstić information content (AvgIpc) is 2.89. The summed E-state index contributed by atoms with van der Waals surface area (Å²) in [5, 5.41) is 5.26. The van der Waals surface area contributed by atoms with Crippen molar-refractivity contribution in [2.75, 3.05) is 26.2 Å². The number of pyridine rings is 1. The Bertz CT molecular complexity index is 1130. The summed E-state index contributed by atoms with van der Waals surface area (Å²) in [5.41, 5.74) is 1.99. The maximum absolute atomic E-state index is 13.1. The second-order valence-corrected chi connectivity index (χ2v) is 9.51. The minimum atomic E-state index is -0.0249. The smallest absolute Gasteiger partial charge is 0.252 e. The largest absolute Gasteiger partial charge is 0.349 e. The van der Waals surface area contributed by atoms with Crippen molar-refractivity contribution < 1.29 is 9.59 Å². The van der Waals surface area contributed by atoms with Crippen LogP contribution in [0.15, 0.2) is 67.0 Å². The van der Waals surface area contributed by atoms with E-state index in [1.807, 2.05) is 59.8 Å². The third-order valence-corrected chi connectivity index (χ3v) is 7.27. The van der Waals surface area contributed by atoms with E-state index in [2.05, 4.69) is 27.3 Å². The van der Waals surface area contributed by atoms with Crippen LogP contribution in [0.3, 0.4) is 0 Å². The van der Waals surface area contributed by atoms with Crippen LogP contribution in [0.2, 0.25) is 0 Å². The first-order valence-electron chi connectivity index (χ1n) is 12.4. The summed E-state index contributed by atoms with van der Waals surface area (Å²) in [6, 6.07) is 18.0. The van der Waals surface area contributed by atoms with Gasteiger partial charge in [-0.2, -0.15) is 0 Å². The number of nitrogens with zero attached hydrogens (tertiary/aromatic N) is 3. The maximum Gasteiger partial charge on any atom is 0.252 e. The Morgan fingerprint density at radius 3 is 2.32 bits per heavy atom. The lowest BCUT2D eigenvalue weighted by molar-refractivity contribution is -0.138. The molecule has 0 atom stereocenters. The second kappa shape index (κ2) is 10.3. The molecule has 2 saturated heterocycles. The normalized spacial score (nSPS) is 18.2. The van der Waals surface area contributed by atoms with Crippen molar-refractivity contribution in [3.63, 3.8) is 0 Å². The number of carbonyl (C=O) groups is 2. The molecular formula is C28H32N4O2. The van der Waals surface area contributed by atoms with E-state index in [4.69, 9.17) is 0 Å². The second-order valence-electron chi connectivity index (χ2n) is 9.51. The Labute approximate surface area is 201 Å². The third-order valence-electron chi connectivity index (χ3n) is 7.27. The number of nitrogens with one attached hydrogen (secondary N) is 1. The highest BCUT2D eigenvalue weighted by molar-refractivity contribution is 6.07. The lowest BCUT2D eigenvalue weighted by Crippen LogP contribution is -2.49. The summed E-state index contributed by atoms with van der Waals surface area (Å²) >= 11 is 0. The molecule has 0 unspecified atom stereocenters. The highest BCUT2D eigenvalue weighted by Gasteiger charge is 2.31. The molecule has 3 heterocycles. The van der Waals surface area contributed by atoms with Gasteiger partial charge in [-0.25, -0.2) is 0 Å². The number of piperidine rings is 2. The monoisotopic (exact) mass is 456 g/mol. The first kappa shape index (κ1) is 22.5. The summed E-state index contributed by atoms with van der Waals surface area (Å²) in [5.74, 6) is 0.390. The Kier molecular flexibility index (Phi) is 6.86. The van der Waals surface area contributed by atoms with Gasteiger partial charge in [0, 0.05) is 49.6 Å². The quantitative estimate of drug-likeness (QED) is 0.633. The lowest BCUT2D eigenvalue weighted by Gasteiger charge is -2.37. The van der Waals surface area contributed by atoms with Crippen molar-refractivity contribution in [1.82, 2.24) is 20.1 Å². The van der Waals surface area contributed by atoms with Crippen LogP contribution < -0.4 is 5.32 Å². The number of aromatic nitrogens is 1. The average molecular weight is 457 g/mol. The molecule has 34 heavy (non-hydrogen) atoms. The Morgan fingerprint density at radius 1 is 0.853 bits per heavy atom. The van der Waals surface area contributed by atoms with Crippen molar-refractivity contribution in [1.29, 1.82) is 0 Å². The van der Waals surface area contributed by atoms with Gasteiger partial charge in [0.1, 0.15) is 0 Å². The zero-order chi connectivity index (χ0) is 23.3. The van der Waals surface area contributed by atoms with E-state index in [-0.39, 0.29) is 17.9 Å². The first-order valence-corrected chi connectivity index (χ1v) is 12.4. The molecule has 0 radical (unpaired) electrons. The van der Waals surface area contributed by atoms with Gasteiger partial charge in [0.2, 0.25) is 5.91 Å². The molecule has 5 rings (SSSR count). The van der Waals surface area contributed by atoms with Crippen molar-refractivity contribution in [2.45, 2.75) is 38.3 Å². The molecule has 6 heteroatoms. The van der Waals surface area contributed by atoms with Crippen LogP contribution in [-0.2, 0) is 11.3 Å². The number of benzene rings is 2. The standard InChI is InChI=1S/C28H32N4O2/c33-27(26-7-3-5-22-4-1-2-6-25(22)26)30-24-12-18-32(19-13-24)28(34)23-10-16-31(17-11-23)20-21-8-14-29-15-9-21/h1-9,14-15,23-24H,10-13,16-20H2,(H,30,33). The molecule has 0 spiro atoms. The van der Waals surface area contributed by atoms with E-state index in [9.17, 15) is 9.59 Å². The van der Waals surface area contributed by atoms with Gasteiger partial charge in [-0.3, -0.25) is 19.5 Å². The zero-order valence-corrected chi connectivity index (χ0v) is 19.5. The van der Waals surface area contributed by atoms with Crippen LogP contribution in [0.25, 0.3) is 10.8 Å². The lowest BCUT2D eigenvalue weighted by atomic mass is 9.93. The molecule has 1 N–H and O–H groups in total. The molecular weight excluding hydrogens is 424 g/mol. The van der Waals surface area contributed by atoms with Crippen LogP contribution in [0.5, 0.6) is 0 Å². The summed E-state index contributed by atoms with van der Waals surface area (Å²) < 4.78 is 0. The Hall–Kier alpha value is -3.25. The molecule has 2 aromatic carbocycles. The van der Waals surface area contributed by atoms with Gasteiger partial charge in [0.15, 0.2) is 0 Å². The van der Waals surface area contributed by atoms with E-state index >= 15 is 0 Å². The van der Waals surface area contributed by atoms with E-state index in [1.165, 1.54) is 5.56 Å². The van der Waals surface area contributed by atoms with Crippen molar-refractivity contribution in [2.24, 2.45) is 5.92 Å². The SMILES string of the molecule is O=C(NC1CCN(C(=O)C2CCN(Cc3ccncc3)CC2)CC1)c1cccc2ccccc12. The van der Waals surface area contributed by atoms with Crippen LogP contribution in [0, 0.1) is 5.92 Å². The molecule has 6 nitrogen and oxygen atoms in total. The molecule has 2 aliphatic heterocycles. The Balaban J connectivity index is 1.09. The fourth-order valence-electron chi connectivity index (χ4n) is 5.27. The third kappa shape index (κ3) is 5.12. The molecule has 0 bridgehead atoms. The Morgan fingerprint density at radius 2 is 1.56 bits per heavy atom. The highest BCUT2D eigenvalue weighted by Crippen LogP contribution is 2.24. The first-order chi connectivity index (χ1) is 16.7.